The Hall–Kier alpha value is -6.77. The normalized spacial score (nSPS) is 23.5. The first-order chi connectivity index (χ1) is 38.0. The lowest BCUT2D eigenvalue weighted by molar-refractivity contribution is -0.134. The van der Waals surface area contributed by atoms with E-state index in [2.05, 4.69) is 44.3 Å². The van der Waals surface area contributed by atoms with E-state index >= 15 is 4.39 Å². The SMILES string of the molecule is C#Cc1c(F)ccc2cccc(-c3nc4c5c(nc(OCC67CCCN6CCC7)nc5c3F)N3CCCOCC3CC4)c12.COC(=O)N1CCC(CC2CCC(c3ccc4c(C5CCC(=O)NC5=O)nn(C)c4c3)CC2)CC1. The maximum Gasteiger partial charge on any atom is 0.409 e. The average molecular weight is 1060 g/mol. The Bertz CT molecular complexity index is 3330. The quantitative estimate of drug-likeness (QED) is 0.114. The van der Waals surface area contributed by atoms with Crippen molar-refractivity contribution in [1.82, 2.24) is 39.8 Å². The van der Waals surface area contributed by atoms with Crippen LogP contribution in [0.15, 0.2) is 48.5 Å². The van der Waals surface area contributed by atoms with Crippen LogP contribution in [0.2, 0.25) is 0 Å². The van der Waals surface area contributed by atoms with Crippen LogP contribution >= 0.6 is 0 Å². The van der Waals surface area contributed by atoms with Crippen molar-refractivity contribution in [2.45, 2.75) is 126 Å². The summed E-state index contributed by atoms with van der Waals surface area (Å²) in [6, 6.07) is 15.3. The second-order valence-electron chi connectivity index (χ2n) is 22.9. The fourth-order valence-corrected chi connectivity index (χ4v) is 14.3. The van der Waals surface area contributed by atoms with Gasteiger partial charge in [-0.25, -0.2) is 18.6 Å². The van der Waals surface area contributed by atoms with E-state index in [1.165, 1.54) is 50.8 Å². The Morgan fingerprint density at radius 2 is 1.68 bits per heavy atom. The summed E-state index contributed by atoms with van der Waals surface area (Å²) in [7, 11) is 3.39. The van der Waals surface area contributed by atoms with Gasteiger partial charge in [0.05, 0.1) is 59.1 Å². The van der Waals surface area contributed by atoms with E-state index in [4.69, 9.17) is 35.6 Å². The number of carbonyl (C=O) groups is 3. The van der Waals surface area contributed by atoms with Crippen LogP contribution in [0.5, 0.6) is 6.01 Å². The summed E-state index contributed by atoms with van der Waals surface area (Å²) < 4.78 is 50.9. The Morgan fingerprint density at radius 1 is 0.885 bits per heavy atom. The molecule has 15 nitrogen and oxygen atoms in total. The Morgan fingerprint density at radius 3 is 2.45 bits per heavy atom. The number of aryl methyl sites for hydroxylation is 2. The number of piperidine rings is 2. The summed E-state index contributed by atoms with van der Waals surface area (Å²) in [5.74, 6) is 3.28. The molecule has 408 valence electrons. The van der Waals surface area contributed by atoms with Crippen molar-refractivity contribution in [3.05, 3.63) is 82.7 Å². The molecule has 13 rings (SSSR count). The van der Waals surface area contributed by atoms with Gasteiger partial charge in [0.2, 0.25) is 11.8 Å². The summed E-state index contributed by atoms with van der Waals surface area (Å²) in [6.45, 7) is 6.27. The molecule has 17 heteroatoms. The van der Waals surface area contributed by atoms with E-state index in [1.54, 1.807) is 12.1 Å². The van der Waals surface area contributed by atoms with Crippen molar-refractivity contribution in [3.8, 4) is 29.6 Å². The predicted molar refractivity (Wildman–Crippen MR) is 293 cm³/mol. The summed E-state index contributed by atoms with van der Waals surface area (Å²) >= 11 is 0. The van der Waals surface area contributed by atoms with E-state index in [1.807, 2.05) is 28.8 Å². The highest BCUT2D eigenvalue weighted by atomic mass is 19.1. The number of carbonyl (C=O) groups excluding carboxylic acids is 3. The first kappa shape index (κ1) is 52.0. The summed E-state index contributed by atoms with van der Waals surface area (Å²) in [6.07, 6.45) is 21.5. The van der Waals surface area contributed by atoms with Crippen LogP contribution < -0.4 is 15.0 Å². The number of halogens is 2. The van der Waals surface area contributed by atoms with Crippen LogP contribution in [0.4, 0.5) is 19.4 Å². The minimum absolute atomic E-state index is 0.00280. The molecule has 9 heterocycles. The van der Waals surface area contributed by atoms with E-state index in [0.717, 1.165) is 107 Å². The van der Waals surface area contributed by atoms with Gasteiger partial charge >= 0.3 is 12.1 Å². The highest BCUT2D eigenvalue weighted by molar-refractivity contribution is 6.04. The zero-order valence-electron chi connectivity index (χ0n) is 44.8. The van der Waals surface area contributed by atoms with Crippen molar-refractivity contribution < 1.29 is 37.4 Å². The number of likely N-dealkylation sites (tertiary alicyclic amines) is 1. The third-order valence-electron chi connectivity index (χ3n) is 18.4. The summed E-state index contributed by atoms with van der Waals surface area (Å²) in [5.41, 5.74) is 4.73. The molecule has 3 aromatic heterocycles. The molecule has 2 atom stereocenters. The van der Waals surface area contributed by atoms with Crippen molar-refractivity contribution >= 4 is 56.3 Å². The van der Waals surface area contributed by atoms with Crippen LogP contribution in [0, 0.1) is 35.8 Å². The lowest BCUT2D eigenvalue weighted by atomic mass is 9.74. The number of pyridine rings is 1. The summed E-state index contributed by atoms with van der Waals surface area (Å²) in [5, 5.41) is 9.95. The topological polar surface area (TPSA) is 157 Å². The van der Waals surface area contributed by atoms with Gasteiger partial charge < -0.3 is 24.0 Å². The number of nitrogens with one attached hydrogen (secondary N) is 1. The highest BCUT2D eigenvalue weighted by Crippen LogP contribution is 2.44. The fraction of sp³-hybridized carbons (Fsp3) is 0.525. The molecule has 1 aliphatic carbocycles. The molecule has 6 fully saturated rings. The number of hydrogen-bond donors (Lipinski definition) is 1. The molecule has 0 radical (unpaired) electrons. The van der Waals surface area contributed by atoms with E-state index < -0.39 is 11.6 Å². The fourth-order valence-electron chi connectivity index (χ4n) is 14.3. The average Bonchev–Trinajstić information content (AvgIpc) is 4.08. The Balaban J connectivity index is 0.000000160. The van der Waals surface area contributed by atoms with Gasteiger partial charge in [-0.15, -0.1) is 6.42 Å². The number of aromatic nitrogens is 5. The van der Waals surface area contributed by atoms with E-state index in [9.17, 15) is 18.8 Å². The number of benzene rings is 3. The zero-order valence-corrected chi connectivity index (χ0v) is 44.8. The second kappa shape index (κ2) is 21.8. The minimum atomic E-state index is -0.585. The van der Waals surface area contributed by atoms with Gasteiger partial charge in [-0.1, -0.05) is 42.3 Å². The smallest absolute Gasteiger partial charge is 0.409 e. The van der Waals surface area contributed by atoms with Gasteiger partial charge in [0.1, 0.15) is 29.5 Å². The first-order valence-corrected chi connectivity index (χ1v) is 28.4. The number of imide groups is 1. The van der Waals surface area contributed by atoms with Crippen molar-refractivity contribution in [1.29, 1.82) is 0 Å². The maximum atomic E-state index is 16.9. The number of rotatable bonds is 8. The molecule has 0 spiro atoms. The van der Waals surface area contributed by atoms with Crippen LogP contribution in [-0.4, -0.2) is 124 Å². The number of hydrogen-bond acceptors (Lipinski definition) is 12. The molecule has 2 unspecified atom stereocenters. The van der Waals surface area contributed by atoms with E-state index in [0.29, 0.717) is 84.2 Å². The molecule has 3 aromatic carbocycles. The molecule has 78 heavy (non-hydrogen) atoms. The standard InChI is InChI=1S/C34H33F2N5O2.C27H36N4O4/c1-2-23-25(35)11-9-21-7-3-8-24(27(21)23)30-29(36)31-28-26(37-30)12-10-22-19-42-18-6-17-41(22)32(28)39-33(38-31)43-20-34-13-4-15-40(34)16-5-14-34;1-30-23-16-20(7-8-21(23)25(29-30)22-9-10-24(32)28-26(22)33)19-5-3-17(4-6-19)15-18-11-13-31(14-12-18)27(34)35-2/h1,3,7-9,11,22H,4-6,10,12-20H2;7-8,16-19,22H,3-6,9-15H2,1-2H3,(H,28,32,33). The zero-order chi connectivity index (χ0) is 53.7. The maximum absolute atomic E-state index is 16.9. The van der Waals surface area contributed by atoms with Gasteiger partial charge in [0.15, 0.2) is 5.82 Å². The Kier molecular flexibility index (Phi) is 14.5. The van der Waals surface area contributed by atoms with Gasteiger partial charge in [-0.2, -0.15) is 15.1 Å². The molecule has 5 saturated heterocycles. The Labute approximate surface area is 453 Å². The van der Waals surface area contributed by atoms with E-state index in [-0.39, 0.29) is 58.2 Å². The van der Waals surface area contributed by atoms with Crippen molar-refractivity contribution in [2.75, 3.05) is 64.6 Å². The predicted octanol–water partition coefficient (Wildman–Crippen LogP) is 9.89. The monoisotopic (exact) mass is 1060 g/mol. The van der Waals surface area contributed by atoms with Gasteiger partial charge in [-0.3, -0.25) is 24.5 Å². The number of terminal acetylenes is 1. The van der Waals surface area contributed by atoms with Crippen LogP contribution in [0.25, 0.3) is 43.8 Å². The molecule has 6 aliphatic heterocycles. The first-order valence-electron chi connectivity index (χ1n) is 28.4. The molecular weight excluding hydrogens is 993 g/mol. The number of fused-ring (bicyclic) bond motifs is 5. The summed E-state index contributed by atoms with van der Waals surface area (Å²) in [4.78, 5) is 56.9. The number of amides is 3. The number of methoxy groups -OCH3 is 1. The van der Waals surface area contributed by atoms with Gasteiger partial charge in [0, 0.05) is 56.0 Å². The minimum Gasteiger partial charge on any atom is -0.461 e. The number of anilines is 1. The third-order valence-corrected chi connectivity index (χ3v) is 18.4. The number of ether oxygens (including phenoxy) is 3. The molecule has 1 N–H and O–H groups in total. The largest absolute Gasteiger partial charge is 0.461 e. The lowest BCUT2D eigenvalue weighted by Crippen LogP contribution is -2.43. The van der Waals surface area contributed by atoms with Gasteiger partial charge in [0.25, 0.3) is 0 Å². The van der Waals surface area contributed by atoms with Crippen LogP contribution in [-0.2, 0) is 32.5 Å². The molecular formula is C61H69F2N9O6. The third kappa shape index (κ3) is 9.81. The van der Waals surface area contributed by atoms with Gasteiger partial charge in [-0.05, 0) is 150 Å². The number of nitrogens with zero attached hydrogens (tertiary/aromatic N) is 8. The van der Waals surface area contributed by atoms with Crippen molar-refractivity contribution in [3.63, 3.8) is 0 Å². The highest BCUT2D eigenvalue weighted by Gasteiger charge is 2.45. The van der Waals surface area contributed by atoms with Crippen LogP contribution in [0.1, 0.15) is 131 Å². The molecule has 3 amide bonds. The molecule has 6 aromatic rings. The molecule has 0 bridgehead atoms. The lowest BCUT2D eigenvalue weighted by Gasteiger charge is -2.35. The second-order valence-corrected chi connectivity index (χ2v) is 22.9. The van der Waals surface area contributed by atoms with Crippen LogP contribution in [0.3, 0.4) is 0 Å². The molecule has 1 saturated carbocycles. The van der Waals surface area contributed by atoms with Crippen molar-refractivity contribution in [2.24, 2.45) is 18.9 Å². The molecule has 7 aliphatic rings.